The molecule has 0 atom stereocenters. The van der Waals surface area contributed by atoms with E-state index in [1.165, 1.54) is 13.0 Å². The molecule has 0 saturated carbocycles. The Morgan fingerprint density at radius 3 is 1.89 bits per heavy atom. The Morgan fingerprint density at radius 2 is 1.29 bits per heavy atom. The van der Waals surface area contributed by atoms with Crippen molar-refractivity contribution < 1.29 is 33.3 Å². The summed E-state index contributed by atoms with van der Waals surface area (Å²) in [6, 6.07) is 21.1. The number of allylic oxidation sites excluding steroid dienone is 1. The van der Waals surface area contributed by atoms with Gasteiger partial charge in [0.25, 0.3) is 0 Å². The van der Waals surface area contributed by atoms with Crippen LogP contribution >= 0.6 is 0 Å². The molecule has 2 heterocycles. The molecular weight excluding hydrogens is 484 g/mol. The molecule has 3 aromatic carbocycles. The highest BCUT2D eigenvalue weighted by atomic mass is 16.7. The van der Waals surface area contributed by atoms with Gasteiger partial charge in [-0.05, 0) is 74.2 Å². The number of carbonyl (C=O) groups excluding carboxylic acids is 3. The van der Waals surface area contributed by atoms with Gasteiger partial charge in [0.2, 0.25) is 13.6 Å². The van der Waals surface area contributed by atoms with Gasteiger partial charge in [0.15, 0.2) is 28.8 Å². The fraction of sp³-hybridized carbons (Fsp3) is 0.258. The van der Waals surface area contributed by atoms with Crippen LogP contribution in [0.15, 0.2) is 72.8 Å². The van der Waals surface area contributed by atoms with Crippen LogP contribution in [-0.4, -0.2) is 30.9 Å². The van der Waals surface area contributed by atoms with Gasteiger partial charge in [-0.1, -0.05) is 48.5 Å². The highest BCUT2D eigenvalue weighted by Gasteiger charge is 2.13. The van der Waals surface area contributed by atoms with Crippen molar-refractivity contribution in [1.29, 1.82) is 0 Å². The van der Waals surface area contributed by atoms with Crippen LogP contribution in [0.1, 0.15) is 43.9 Å². The van der Waals surface area contributed by atoms with Crippen LogP contribution < -0.4 is 18.9 Å². The quantitative estimate of drug-likeness (QED) is 0.368. The van der Waals surface area contributed by atoms with E-state index in [0.29, 0.717) is 19.6 Å². The summed E-state index contributed by atoms with van der Waals surface area (Å²) in [7, 11) is 0. The average Bonchev–Trinajstić information content (AvgIpc) is 3.56. The zero-order chi connectivity index (χ0) is 27.3. The van der Waals surface area contributed by atoms with Crippen LogP contribution in [0.2, 0.25) is 0 Å². The number of hydrogen-bond acceptors (Lipinski definition) is 7. The number of fused-ring (bicyclic) bond motifs is 2. The molecule has 0 unspecified atom stereocenters. The van der Waals surface area contributed by atoms with E-state index in [9.17, 15) is 14.4 Å². The minimum atomic E-state index is 0.0302. The van der Waals surface area contributed by atoms with Gasteiger partial charge in [-0.15, -0.1) is 0 Å². The predicted molar refractivity (Wildman–Crippen MR) is 145 cm³/mol. The molecule has 0 N–H and O–H groups in total. The smallest absolute Gasteiger partial charge is 0.231 e. The molecule has 0 aromatic heterocycles. The molecule has 0 spiro atoms. The SMILES string of the molecule is CC(=O)C=Cc1ccc2c(c1)OCO2.CC(=O)CCc1ccc2c(c1)OCO2.CC(=O)Cc1ccccc1. The maximum Gasteiger partial charge on any atom is 0.231 e. The number of aryl methyl sites for hydroxylation is 1. The van der Waals surface area contributed by atoms with Crippen LogP contribution in [-0.2, 0) is 27.2 Å². The lowest BCUT2D eigenvalue weighted by Gasteiger charge is -2.00. The summed E-state index contributed by atoms with van der Waals surface area (Å²) in [4.78, 5) is 32.1. The molecule has 0 radical (unpaired) electrons. The fourth-order valence-electron chi connectivity index (χ4n) is 3.53. The highest BCUT2D eigenvalue weighted by molar-refractivity contribution is 5.91. The molecule has 0 saturated heterocycles. The second-order valence-corrected chi connectivity index (χ2v) is 8.81. The summed E-state index contributed by atoms with van der Waals surface area (Å²) in [5, 5.41) is 0. The van der Waals surface area contributed by atoms with Crippen molar-refractivity contribution in [1.82, 2.24) is 0 Å². The maximum absolute atomic E-state index is 10.8. The number of benzene rings is 3. The van der Waals surface area contributed by atoms with Crippen LogP contribution in [0.4, 0.5) is 0 Å². The number of Topliss-reactive ketones (excluding diaryl/α,β-unsaturated/α-hetero) is 2. The zero-order valence-electron chi connectivity index (χ0n) is 21.9. The Balaban J connectivity index is 0.000000161. The second-order valence-electron chi connectivity index (χ2n) is 8.81. The summed E-state index contributed by atoms with van der Waals surface area (Å²) in [5.41, 5.74) is 3.14. The van der Waals surface area contributed by atoms with Gasteiger partial charge < -0.3 is 23.7 Å². The summed E-state index contributed by atoms with van der Waals surface area (Å²) < 4.78 is 20.8. The molecule has 2 aliphatic rings. The van der Waals surface area contributed by atoms with Gasteiger partial charge in [-0.2, -0.15) is 0 Å². The largest absolute Gasteiger partial charge is 0.454 e. The molecular formula is C31H32O7. The molecule has 7 nitrogen and oxygen atoms in total. The van der Waals surface area contributed by atoms with Crippen molar-refractivity contribution in [3.63, 3.8) is 0 Å². The third-order valence-electron chi connectivity index (χ3n) is 5.41. The van der Waals surface area contributed by atoms with E-state index in [0.717, 1.165) is 46.1 Å². The van der Waals surface area contributed by atoms with Crippen molar-refractivity contribution >= 4 is 23.4 Å². The van der Waals surface area contributed by atoms with Gasteiger partial charge >= 0.3 is 0 Å². The molecule has 0 amide bonds. The molecule has 7 heteroatoms. The average molecular weight is 517 g/mol. The van der Waals surface area contributed by atoms with Gasteiger partial charge in [0.1, 0.15) is 11.6 Å². The summed E-state index contributed by atoms with van der Waals surface area (Å²) in [5.74, 6) is 3.51. The Kier molecular flexibility index (Phi) is 10.7. The molecule has 0 bridgehead atoms. The van der Waals surface area contributed by atoms with E-state index >= 15 is 0 Å². The van der Waals surface area contributed by atoms with E-state index in [-0.39, 0.29) is 24.1 Å². The van der Waals surface area contributed by atoms with Gasteiger partial charge in [0, 0.05) is 12.8 Å². The third kappa shape index (κ3) is 9.58. The molecule has 2 aliphatic heterocycles. The first-order chi connectivity index (χ1) is 18.3. The number of carbonyl (C=O) groups is 3. The van der Waals surface area contributed by atoms with E-state index in [4.69, 9.17) is 18.9 Å². The van der Waals surface area contributed by atoms with E-state index in [1.807, 2.05) is 66.7 Å². The Labute approximate surface area is 223 Å². The molecule has 198 valence electrons. The minimum Gasteiger partial charge on any atom is -0.454 e. The highest BCUT2D eigenvalue weighted by Crippen LogP contribution is 2.33. The maximum atomic E-state index is 10.8. The van der Waals surface area contributed by atoms with E-state index < -0.39 is 0 Å². The molecule has 0 aliphatic carbocycles. The second kappa shape index (κ2) is 14.4. The van der Waals surface area contributed by atoms with E-state index in [2.05, 4.69) is 0 Å². The Morgan fingerprint density at radius 1 is 0.684 bits per heavy atom. The zero-order valence-corrected chi connectivity index (χ0v) is 21.9. The van der Waals surface area contributed by atoms with Crippen LogP contribution in [0, 0.1) is 0 Å². The Hall–Kier alpha value is -4.39. The topological polar surface area (TPSA) is 88.1 Å². The van der Waals surface area contributed by atoms with Crippen LogP contribution in [0.3, 0.4) is 0 Å². The molecule has 0 fully saturated rings. The van der Waals surface area contributed by atoms with Crippen molar-refractivity contribution in [3.05, 3.63) is 89.5 Å². The number of ketones is 3. The summed E-state index contributed by atoms with van der Waals surface area (Å²) >= 11 is 0. The monoisotopic (exact) mass is 516 g/mol. The van der Waals surface area contributed by atoms with Gasteiger partial charge in [0.05, 0.1) is 0 Å². The van der Waals surface area contributed by atoms with Gasteiger partial charge in [-0.3, -0.25) is 9.59 Å². The van der Waals surface area contributed by atoms with Crippen molar-refractivity contribution in [3.8, 4) is 23.0 Å². The standard InChI is InChI=1S/C11H12O3.C11H10O3.C9H10O/c2*1-8(12)2-3-9-4-5-10-11(6-9)14-7-13-10;1-8(10)7-9-5-3-2-4-6-9/h4-6H,2-3,7H2,1H3;2-6H,7H2,1H3;2-6H,7H2,1H3. The lowest BCUT2D eigenvalue weighted by atomic mass is 10.1. The lowest BCUT2D eigenvalue weighted by Crippen LogP contribution is -1.94. The molecule has 5 rings (SSSR count). The number of hydrogen-bond donors (Lipinski definition) is 0. The van der Waals surface area contributed by atoms with Crippen LogP contribution in [0.25, 0.3) is 6.08 Å². The first-order valence-corrected chi connectivity index (χ1v) is 12.3. The molecule has 38 heavy (non-hydrogen) atoms. The minimum absolute atomic E-state index is 0.0302. The molecule has 3 aromatic rings. The van der Waals surface area contributed by atoms with E-state index in [1.54, 1.807) is 19.9 Å². The first kappa shape index (κ1) is 28.2. The third-order valence-corrected chi connectivity index (χ3v) is 5.41. The van der Waals surface area contributed by atoms with Gasteiger partial charge in [-0.25, -0.2) is 0 Å². The lowest BCUT2D eigenvalue weighted by molar-refractivity contribution is -0.117. The van der Waals surface area contributed by atoms with Crippen molar-refractivity contribution in [2.45, 2.75) is 40.0 Å². The normalized spacial score (nSPS) is 12.2. The predicted octanol–water partition coefficient (Wildman–Crippen LogP) is 5.77. The first-order valence-electron chi connectivity index (χ1n) is 12.3. The summed E-state index contributed by atoms with van der Waals surface area (Å²) in [6.45, 7) is 5.30. The number of ether oxygens (including phenoxy) is 4. The van der Waals surface area contributed by atoms with Crippen molar-refractivity contribution in [2.75, 3.05) is 13.6 Å². The fourth-order valence-corrected chi connectivity index (χ4v) is 3.53. The van der Waals surface area contributed by atoms with Crippen molar-refractivity contribution in [2.24, 2.45) is 0 Å². The number of rotatable bonds is 7. The van der Waals surface area contributed by atoms with Crippen LogP contribution in [0.5, 0.6) is 23.0 Å². The summed E-state index contributed by atoms with van der Waals surface area (Å²) in [6.07, 6.45) is 5.19. The Bertz CT molecular complexity index is 1280.